The van der Waals surface area contributed by atoms with E-state index in [4.69, 9.17) is 21.9 Å². The number of nitrogen functional groups attached to an aromatic ring is 1. The van der Waals surface area contributed by atoms with Crippen LogP contribution in [0.5, 0.6) is 0 Å². The van der Waals surface area contributed by atoms with Crippen LogP contribution in [0.3, 0.4) is 0 Å². The van der Waals surface area contributed by atoms with E-state index < -0.39 is 0 Å². The summed E-state index contributed by atoms with van der Waals surface area (Å²) in [6, 6.07) is 3.82. The minimum Gasteiger partial charge on any atom is -0.493 e. The maximum absolute atomic E-state index is 5.96. The lowest BCUT2D eigenvalue weighted by atomic mass is 10.1. The zero-order chi connectivity index (χ0) is 18.9. The Labute approximate surface area is 152 Å². The summed E-state index contributed by atoms with van der Waals surface area (Å²) in [6.07, 6.45) is 14.2. The van der Waals surface area contributed by atoms with E-state index in [1.165, 1.54) is 31.7 Å². The largest absolute Gasteiger partial charge is 0.493 e. The quantitative estimate of drug-likeness (QED) is 0.351. The summed E-state index contributed by atoms with van der Waals surface area (Å²) in [4.78, 5) is 4.41. The molecule has 0 unspecified atom stereocenters. The van der Waals surface area contributed by atoms with Gasteiger partial charge in [0.1, 0.15) is 5.76 Å². The van der Waals surface area contributed by atoms with Crippen molar-refractivity contribution in [2.75, 3.05) is 12.3 Å². The lowest BCUT2D eigenvalue weighted by Gasteiger charge is -2.14. The van der Waals surface area contributed by atoms with Crippen molar-refractivity contribution in [3.63, 3.8) is 0 Å². The third-order valence-electron chi connectivity index (χ3n) is 3.36. The van der Waals surface area contributed by atoms with Gasteiger partial charge in [0.05, 0.1) is 24.2 Å². The molecule has 0 saturated heterocycles. The fourth-order valence-corrected chi connectivity index (χ4v) is 2.13. The number of nitrogens with two attached hydrogens (primary N) is 3. The molecule has 0 bridgehead atoms. The predicted molar refractivity (Wildman–Crippen MR) is 108 cm³/mol. The zero-order valence-corrected chi connectivity index (χ0v) is 15.9. The predicted octanol–water partition coefficient (Wildman–Crippen LogP) is 4.33. The minimum atomic E-state index is 0.678. The van der Waals surface area contributed by atoms with Crippen LogP contribution in [0.2, 0.25) is 0 Å². The molecule has 5 nitrogen and oxygen atoms in total. The Hall–Kier alpha value is -2.43. The summed E-state index contributed by atoms with van der Waals surface area (Å²) in [5.41, 5.74) is 17.8. The van der Waals surface area contributed by atoms with Crippen molar-refractivity contribution >= 4 is 11.3 Å². The molecule has 0 amide bonds. The standard InChI is InChI=1S/C18H28N2O.C2H6N2/c1-4-7-8-9-13-21-18(6-3)16(10-5-2)17-12-11-15(19)14-20-17;3-1-2-4/h6,10-12,14H,4-5,7-9,13,19H2,1-3H3;1-2H,3-4H2/b16-10-,18-6+;2-1-. The van der Waals surface area contributed by atoms with E-state index >= 15 is 0 Å². The van der Waals surface area contributed by atoms with Gasteiger partial charge in [-0.25, -0.2) is 0 Å². The molecule has 0 aliphatic heterocycles. The fraction of sp³-hybridized carbons (Fsp3) is 0.450. The first-order valence-corrected chi connectivity index (χ1v) is 8.94. The van der Waals surface area contributed by atoms with Gasteiger partial charge in [0, 0.05) is 18.0 Å². The first kappa shape index (κ1) is 22.6. The van der Waals surface area contributed by atoms with Crippen LogP contribution < -0.4 is 17.2 Å². The maximum atomic E-state index is 5.96. The van der Waals surface area contributed by atoms with Gasteiger partial charge in [0.25, 0.3) is 0 Å². The molecule has 1 rings (SSSR count). The highest BCUT2D eigenvalue weighted by atomic mass is 16.5. The topological polar surface area (TPSA) is 100 Å². The van der Waals surface area contributed by atoms with Gasteiger partial charge in [-0.1, -0.05) is 39.2 Å². The summed E-state index contributed by atoms with van der Waals surface area (Å²) in [6.45, 7) is 7.09. The van der Waals surface area contributed by atoms with Crippen LogP contribution >= 0.6 is 0 Å². The fourth-order valence-electron chi connectivity index (χ4n) is 2.13. The highest BCUT2D eigenvalue weighted by Gasteiger charge is 2.09. The van der Waals surface area contributed by atoms with Gasteiger partial charge >= 0.3 is 0 Å². The summed E-state index contributed by atoms with van der Waals surface area (Å²) in [7, 11) is 0. The summed E-state index contributed by atoms with van der Waals surface area (Å²) >= 11 is 0. The van der Waals surface area contributed by atoms with Crippen molar-refractivity contribution in [1.82, 2.24) is 4.98 Å². The average Bonchev–Trinajstić information content (AvgIpc) is 2.64. The third kappa shape index (κ3) is 10.1. The molecular weight excluding hydrogens is 312 g/mol. The molecule has 5 heteroatoms. The van der Waals surface area contributed by atoms with Crippen molar-refractivity contribution < 1.29 is 4.74 Å². The van der Waals surface area contributed by atoms with E-state index in [-0.39, 0.29) is 0 Å². The third-order valence-corrected chi connectivity index (χ3v) is 3.36. The second-order valence-corrected chi connectivity index (χ2v) is 5.45. The highest BCUT2D eigenvalue weighted by Crippen LogP contribution is 2.24. The molecule has 6 N–H and O–H groups in total. The minimum absolute atomic E-state index is 0.678. The van der Waals surface area contributed by atoms with E-state index in [0.717, 1.165) is 36.5 Å². The molecule has 1 aromatic heterocycles. The molecule has 0 fully saturated rings. The maximum Gasteiger partial charge on any atom is 0.124 e. The van der Waals surface area contributed by atoms with Crippen molar-refractivity contribution in [3.8, 4) is 0 Å². The Morgan fingerprint density at radius 2 is 1.84 bits per heavy atom. The summed E-state index contributed by atoms with van der Waals surface area (Å²) < 4.78 is 5.96. The summed E-state index contributed by atoms with van der Waals surface area (Å²) in [5.74, 6) is 0.908. The number of nitrogens with zero attached hydrogens (tertiary/aromatic N) is 1. The van der Waals surface area contributed by atoms with Crippen LogP contribution in [0, 0.1) is 0 Å². The molecule has 25 heavy (non-hydrogen) atoms. The van der Waals surface area contributed by atoms with Crippen molar-refractivity contribution in [2.24, 2.45) is 11.5 Å². The van der Waals surface area contributed by atoms with Gasteiger partial charge in [-0.15, -0.1) is 0 Å². The molecule has 0 saturated carbocycles. The van der Waals surface area contributed by atoms with Crippen molar-refractivity contribution in [2.45, 2.75) is 52.9 Å². The number of pyridine rings is 1. The zero-order valence-electron chi connectivity index (χ0n) is 15.9. The number of aromatic nitrogens is 1. The van der Waals surface area contributed by atoms with E-state index in [9.17, 15) is 0 Å². The molecule has 1 heterocycles. The molecular formula is C20H34N4O. The Balaban J connectivity index is 0.00000129. The number of hydrogen-bond acceptors (Lipinski definition) is 5. The normalized spacial score (nSPS) is 12.0. The Morgan fingerprint density at radius 1 is 1.12 bits per heavy atom. The van der Waals surface area contributed by atoms with Crippen LogP contribution in [-0.2, 0) is 4.74 Å². The lowest BCUT2D eigenvalue weighted by Crippen LogP contribution is -2.01. The smallest absolute Gasteiger partial charge is 0.124 e. The van der Waals surface area contributed by atoms with Gasteiger partial charge in [-0.2, -0.15) is 0 Å². The number of hydrogen-bond donors (Lipinski definition) is 3. The van der Waals surface area contributed by atoms with E-state index in [2.05, 4.69) is 24.9 Å². The first-order valence-electron chi connectivity index (χ1n) is 8.94. The Bertz CT molecular complexity index is 529. The van der Waals surface area contributed by atoms with Gasteiger partial charge in [-0.3, -0.25) is 4.98 Å². The van der Waals surface area contributed by atoms with Gasteiger partial charge < -0.3 is 21.9 Å². The first-order chi connectivity index (χ1) is 12.1. The van der Waals surface area contributed by atoms with Crippen LogP contribution in [0.4, 0.5) is 5.69 Å². The second kappa shape index (κ2) is 15.1. The Kier molecular flexibility index (Phi) is 13.6. The van der Waals surface area contributed by atoms with Gasteiger partial charge in [0.2, 0.25) is 0 Å². The SMILES string of the molecule is C/C=C(OCCCCCC)\C(=C/CC)c1ccc(N)cn1.N/C=C\N. The number of rotatable bonds is 9. The number of anilines is 1. The van der Waals surface area contributed by atoms with E-state index in [1.54, 1.807) is 6.20 Å². The van der Waals surface area contributed by atoms with Crippen LogP contribution in [0.1, 0.15) is 58.6 Å². The molecule has 0 radical (unpaired) electrons. The van der Waals surface area contributed by atoms with Crippen LogP contribution in [-0.4, -0.2) is 11.6 Å². The molecule has 0 spiro atoms. The van der Waals surface area contributed by atoms with Gasteiger partial charge in [-0.05, 0) is 38.0 Å². The molecule has 140 valence electrons. The van der Waals surface area contributed by atoms with Crippen molar-refractivity contribution in [3.05, 3.63) is 54.3 Å². The second-order valence-electron chi connectivity index (χ2n) is 5.45. The number of allylic oxidation sites excluding steroid dienone is 3. The molecule has 0 aromatic carbocycles. The molecule has 1 aromatic rings. The number of unbranched alkanes of at least 4 members (excludes halogenated alkanes) is 3. The lowest BCUT2D eigenvalue weighted by molar-refractivity contribution is 0.219. The van der Waals surface area contributed by atoms with E-state index in [0.29, 0.717) is 5.69 Å². The van der Waals surface area contributed by atoms with Crippen LogP contribution in [0.15, 0.2) is 48.6 Å². The molecule has 0 aliphatic rings. The highest BCUT2D eigenvalue weighted by molar-refractivity contribution is 5.75. The number of ether oxygens (including phenoxy) is 1. The summed E-state index contributed by atoms with van der Waals surface area (Å²) in [5, 5.41) is 0. The van der Waals surface area contributed by atoms with Crippen LogP contribution in [0.25, 0.3) is 5.57 Å². The molecule has 0 aliphatic carbocycles. The average molecular weight is 347 g/mol. The monoisotopic (exact) mass is 346 g/mol. The van der Waals surface area contributed by atoms with Gasteiger partial charge in [0.15, 0.2) is 0 Å². The van der Waals surface area contributed by atoms with Crippen molar-refractivity contribution in [1.29, 1.82) is 0 Å². The Morgan fingerprint density at radius 3 is 2.32 bits per heavy atom. The molecule has 0 atom stereocenters. The van der Waals surface area contributed by atoms with E-state index in [1.807, 2.05) is 25.1 Å².